The number of ether oxygens (including phenoxy) is 1. The first kappa shape index (κ1) is 23.4. The molecule has 35 heavy (non-hydrogen) atoms. The summed E-state index contributed by atoms with van der Waals surface area (Å²) in [4.78, 5) is 28.2. The van der Waals surface area contributed by atoms with Crippen LogP contribution in [0, 0.1) is 0 Å². The van der Waals surface area contributed by atoms with Crippen molar-refractivity contribution in [1.29, 1.82) is 0 Å². The van der Waals surface area contributed by atoms with Gasteiger partial charge >= 0.3 is 0 Å². The predicted octanol–water partition coefficient (Wildman–Crippen LogP) is 4.85. The average Bonchev–Trinajstić information content (AvgIpc) is 3.55. The van der Waals surface area contributed by atoms with Crippen LogP contribution in [0.4, 0.5) is 5.69 Å². The number of para-hydroxylation sites is 1. The first-order valence-electron chi connectivity index (χ1n) is 12.0. The highest BCUT2D eigenvalue weighted by Crippen LogP contribution is 2.29. The summed E-state index contributed by atoms with van der Waals surface area (Å²) in [5, 5.41) is 6.66. The van der Waals surface area contributed by atoms with Gasteiger partial charge in [-0.1, -0.05) is 48.0 Å². The Hall–Kier alpha value is -3.35. The fraction of sp³-hybridized carbons (Fsp3) is 0.286. The zero-order valence-corrected chi connectivity index (χ0v) is 20.1. The van der Waals surface area contributed by atoms with E-state index in [0.29, 0.717) is 29.2 Å². The SMILES string of the molecule is O=C(NCC(c1cccc(Cl)c1)N1CCCC1)c1cccc(NC(=O)C2Cc3ccccc3O2)c1. The molecule has 0 aromatic heterocycles. The van der Waals surface area contributed by atoms with Crippen molar-refractivity contribution in [1.82, 2.24) is 10.2 Å². The Bertz CT molecular complexity index is 1200. The quantitative estimate of drug-likeness (QED) is 0.497. The van der Waals surface area contributed by atoms with Gasteiger partial charge in [0, 0.05) is 29.2 Å². The molecule has 2 aliphatic heterocycles. The lowest BCUT2D eigenvalue weighted by Crippen LogP contribution is -2.36. The Morgan fingerprint density at radius 3 is 2.60 bits per heavy atom. The molecule has 0 saturated carbocycles. The fourth-order valence-corrected chi connectivity index (χ4v) is 5.00. The Kier molecular flexibility index (Phi) is 7.02. The Labute approximate surface area is 210 Å². The van der Waals surface area contributed by atoms with Gasteiger partial charge in [-0.25, -0.2) is 0 Å². The van der Waals surface area contributed by atoms with Gasteiger partial charge in [0.25, 0.3) is 11.8 Å². The van der Waals surface area contributed by atoms with E-state index in [2.05, 4.69) is 21.6 Å². The molecule has 3 aromatic rings. The van der Waals surface area contributed by atoms with Crippen molar-refractivity contribution in [3.63, 3.8) is 0 Å². The second-order valence-corrected chi connectivity index (χ2v) is 9.45. The smallest absolute Gasteiger partial charge is 0.265 e. The van der Waals surface area contributed by atoms with Crippen LogP contribution in [-0.2, 0) is 11.2 Å². The molecule has 3 aromatic carbocycles. The summed E-state index contributed by atoms with van der Waals surface area (Å²) in [6.07, 6.45) is 2.26. The van der Waals surface area contributed by atoms with Crippen LogP contribution < -0.4 is 15.4 Å². The molecule has 0 aliphatic carbocycles. The van der Waals surface area contributed by atoms with E-state index in [1.165, 1.54) is 0 Å². The summed E-state index contributed by atoms with van der Waals surface area (Å²) in [6, 6.07) is 22.5. The third-order valence-corrected chi connectivity index (χ3v) is 6.84. The Morgan fingerprint density at radius 2 is 1.80 bits per heavy atom. The van der Waals surface area contributed by atoms with Crippen molar-refractivity contribution in [2.75, 3.05) is 25.0 Å². The average molecular weight is 490 g/mol. The summed E-state index contributed by atoms with van der Waals surface area (Å²) in [6.45, 7) is 2.48. The number of likely N-dealkylation sites (tertiary alicyclic amines) is 1. The monoisotopic (exact) mass is 489 g/mol. The molecule has 2 aliphatic rings. The number of benzene rings is 3. The van der Waals surface area contributed by atoms with Crippen molar-refractivity contribution in [3.05, 3.63) is 94.5 Å². The highest BCUT2D eigenvalue weighted by atomic mass is 35.5. The topological polar surface area (TPSA) is 70.7 Å². The summed E-state index contributed by atoms with van der Waals surface area (Å²) in [5.41, 5.74) is 3.17. The zero-order chi connectivity index (χ0) is 24.2. The highest BCUT2D eigenvalue weighted by Gasteiger charge is 2.29. The van der Waals surface area contributed by atoms with E-state index in [4.69, 9.17) is 16.3 Å². The molecule has 2 N–H and O–H groups in total. The third kappa shape index (κ3) is 5.50. The van der Waals surface area contributed by atoms with Crippen molar-refractivity contribution in [2.24, 2.45) is 0 Å². The Morgan fingerprint density at radius 1 is 1.00 bits per heavy atom. The summed E-state index contributed by atoms with van der Waals surface area (Å²) in [7, 11) is 0. The lowest BCUT2D eigenvalue weighted by Gasteiger charge is -2.28. The van der Waals surface area contributed by atoms with Crippen molar-refractivity contribution in [2.45, 2.75) is 31.4 Å². The van der Waals surface area contributed by atoms with Crippen LogP contribution in [0.15, 0.2) is 72.8 Å². The number of hydrogen-bond donors (Lipinski definition) is 2. The number of nitrogens with zero attached hydrogens (tertiary/aromatic N) is 1. The molecule has 180 valence electrons. The largest absolute Gasteiger partial charge is 0.480 e. The van der Waals surface area contributed by atoms with E-state index >= 15 is 0 Å². The standard InChI is InChI=1S/C28H28ClN3O3/c29-22-10-5-8-19(15-22)24(32-13-3-4-14-32)18-30-27(33)21-9-6-11-23(16-21)31-28(34)26-17-20-7-1-2-12-25(20)35-26/h1-2,5-12,15-16,24,26H,3-4,13-14,17-18H2,(H,30,33)(H,31,34). The van der Waals surface area contributed by atoms with Crippen LogP contribution in [0.3, 0.4) is 0 Å². The number of rotatable bonds is 7. The van der Waals surface area contributed by atoms with Crippen molar-refractivity contribution >= 4 is 29.1 Å². The maximum absolute atomic E-state index is 13.0. The molecule has 2 heterocycles. The lowest BCUT2D eigenvalue weighted by atomic mass is 10.1. The van der Waals surface area contributed by atoms with Crippen LogP contribution in [0.2, 0.25) is 5.02 Å². The maximum Gasteiger partial charge on any atom is 0.265 e. The number of hydrogen-bond acceptors (Lipinski definition) is 4. The molecule has 2 amide bonds. The molecule has 1 saturated heterocycles. The summed E-state index contributed by atoms with van der Waals surface area (Å²) < 4.78 is 5.78. The van der Waals surface area contributed by atoms with Crippen LogP contribution in [0.5, 0.6) is 5.75 Å². The number of nitrogens with one attached hydrogen (secondary N) is 2. The Balaban J connectivity index is 1.22. The van der Waals surface area contributed by atoms with Crippen molar-refractivity contribution < 1.29 is 14.3 Å². The molecule has 1 fully saturated rings. The molecule has 0 spiro atoms. The minimum atomic E-state index is -0.580. The van der Waals surface area contributed by atoms with Gasteiger partial charge in [0.2, 0.25) is 0 Å². The molecule has 0 bridgehead atoms. The number of carbonyl (C=O) groups is 2. The summed E-state index contributed by atoms with van der Waals surface area (Å²) in [5.74, 6) is 0.332. The van der Waals surface area contributed by atoms with Gasteiger partial charge in [0.05, 0.1) is 6.04 Å². The van der Waals surface area contributed by atoms with Crippen molar-refractivity contribution in [3.8, 4) is 5.75 Å². The molecular formula is C28H28ClN3O3. The van der Waals surface area contributed by atoms with E-state index in [9.17, 15) is 9.59 Å². The first-order chi connectivity index (χ1) is 17.1. The minimum absolute atomic E-state index is 0.0594. The molecule has 0 radical (unpaired) electrons. The van der Waals surface area contributed by atoms with Gasteiger partial charge in [-0.05, 0) is 73.5 Å². The zero-order valence-electron chi connectivity index (χ0n) is 19.4. The lowest BCUT2D eigenvalue weighted by molar-refractivity contribution is -0.122. The number of fused-ring (bicyclic) bond motifs is 1. The second-order valence-electron chi connectivity index (χ2n) is 9.01. The summed E-state index contributed by atoms with van der Waals surface area (Å²) >= 11 is 6.24. The van der Waals surface area contributed by atoms with Gasteiger partial charge < -0.3 is 15.4 Å². The minimum Gasteiger partial charge on any atom is -0.480 e. The molecule has 6 nitrogen and oxygen atoms in total. The number of halogens is 1. The van der Waals surface area contributed by atoms with Crippen LogP contribution in [0.25, 0.3) is 0 Å². The van der Waals surface area contributed by atoms with Crippen LogP contribution in [-0.4, -0.2) is 42.5 Å². The van der Waals surface area contributed by atoms with Crippen LogP contribution in [0.1, 0.15) is 40.4 Å². The van der Waals surface area contributed by atoms with Gasteiger partial charge in [-0.15, -0.1) is 0 Å². The van der Waals surface area contributed by atoms with E-state index in [1.807, 2.05) is 42.5 Å². The predicted molar refractivity (Wildman–Crippen MR) is 137 cm³/mol. The van der Waals surface area contributed by atoms with Gasteiger partial charge in [0.15, 0.2) is 6.10 Å². The van der Waals surface area contributed by atoms with Crippen LogP contribution >= 0.6 is 11.6 Å². The highest BCUT2D eigenvalue weighted by molar-refractivity contribution is 6.30. The van der Waals surface area contributed by atoms with Gasteiger partial charge in [-0.2, -0.15) is 0 Å². The van der Waals surface area contributed by atoms with Gasteiger partial charge in [0.1, 0.15) is 5.75 Å². The second kappa shape index (κ2) is 10.5. The molecule has 5 rings (SSSR count). The number of anilines is 1. The van der Waals surface area contributed by atoms with E-state index in [-0.39, 0.29) is 17.9 Å². The van der Waals surface area contributed by atoms with E-state index in [1.54, 1.807) is 24.3 Å². The molecule has 2 atom stereocenters. The fourth-order valence-electron chi connectivity index (χ4n) is 4.81. The molecule has 7 heteroatoms. The molecule has 2 unspecified atom stereocenters. The first-order valence-corrected chi connectivity index (χ1v) is 12.4. The molecular weight excluding hydrogens is 462 g/mol. The maximum atomic E-state index is 13.0. The third-order valence-electron chi connectivity index (χ3n) is 6.60. The van der Waals surface area contributed by atoms with E-state index in [0.717, 1.165) is 42.8 Å². The number of amides is 2. The van der Waals surface area contributed by atoms with E-state index < -0.39 is 6.10 Å². The van der Waals surface area contributed by atoms with Gasteiger partial charge in [-0.3, -0.25) is 14.5 Å². The normalized spacial score (nSPS) is 17.9. The number of carbonyl (C=O) groups excluding carboxylic acids is 2.